The van der Waals surface area contributed by atoms with E-state index in [0.29, 0.717) is 22.8 Å². The fourth-order valence-corrected chi connectivity index (χ4v) is 4.81. The fraction of sp³-hybridized carbons (Fsp3) is 0.206. The highest BCUT2D eigenvalue weighted by atomic mass is 16.5. The monoisotopic (exact) mass is 588 g/mol. The molecule has 0 bridgehead atoms. The predicted octanol–water partition coefficient (Wildman–Crippen LogP) is 5.44. The first kappa shape index (κ1) is 29.8. The van der Waals surface area contributed by atoms with Crippen molar-refractivity contribution in [1.29, 1.82) is 5.26 Å². The van der Waals surface area contributed by atoms with Gasteiger partial charge in [0.05, 0.1) is 11.4 Å². The van der Waals surface area contributed by atoms with Crippen molar-refractivity contribution in [2.45, 2.75) is 40.0 Å². The molecular formula is C34H32N6O4. The molecule has 5 rings (SSSR count). The summed E-state index contributed by atoms with van der Waals surface area (Å²) in [6.45, 7) is 9.80. The van der Waals surface area contributed by atoms with Crippen molar-refractivity contribution in [2.24, 2.45) is 7.05 Å². The number of nitrogens with one attached hydrogen (secondary N) is 1. The number of anilines is 1. The molecule has 0 unspecified atom stereocenters. The fourth-order valence-electron chi connectivity index (χ4n) is 4.81. The molecular weight excluding hydrogens is 556 g/mol. The van der Waals surface area contributed by atoms with Crippen LogP contribution < -0.4 is 21.2 Å². The lowest BCUT2D eigenvalue weighted by atomic mass is 9.87. The first-order valence-corrected chi connectivity index (χ1v) is 14.0. The predicted molar refractivity (Wildman–Crippen MR) is 169 cm³/mol. The van der Waals surface area contributed by atoms with Gasteiger partial charge >= 0.3 is 0 Å². The van der Waals surface area contributed by atoms with Gasteiger partial charge in [-0.15, -0.1) is 0 Å². The van der Waals surface area contributed by atoms with Crippen LogP contribution in [0.1, 0.15) is 43.2 Å². The minimum Gasteiger partial charge on any atom is -0.438 e. The lowest BCUT2D eigenvalue weighted by Gasteiger charge is -2.19. The molecule has 1 amide bonds. The van der Waals surface area contributed by atoms with Gasteiger partial charge in [0.1, 0.15) is 34.3 Å². The van der Waals surface area contributed by atoms with Crippen molar-refractivity contribution >= 4 is 23.3 Å². The standard InChI is InChI=1S/C34H32N6O4/c1-21-11-10-18-39-29(21)37-31(44-26-16-14-24(15-17-26)34(3,4)5)27(32(39)42)19-23(20-35)30(41)36-28-22(2)38(6)40(33(28)43)25-12-8-7-9-13-25/h7-19H,1-6H3,(H,36,41). The molecule has 0 fully saturated rings. The summed E-state index contributed by atoms with van der Waals surface area (Å²) >= 11 is 0. The van der Waals surface area contributed by atoms with Crippen LogP contribution in [-0.2, 0) is 17.3 Å². The zero-order valence-corrected chi connectivity index (χ0v) is 25.4. The van der Waals surface area contributed by atoms with Crippen LogP contribution in [-0.4, -0.2) is 24.7 Å². The summed E-state index contributed by atoms with van der Waals surface area (Å²) in [5.41, 5.74) is 1.76. The maximum atomic E-state index is 13.7. The maximum Gasteiger partial charge on any atom is 0.295 e. The normalized spacial score (nSPS) is 11.8. The molecule has 3 aromatic heterocycles. The van der Waals surface area contributed by atoms with E-state index in [4.69, 9.17) is 4.74 Å². The number of benzene rings is 2. The van der Waals surface area contributed by atoms with Gasteiger partial charge in [0.2, 0.25) is 5.88 Å². The van der Waals surface area contributed by atoms with E-state index in [1.807, 2.05) is 37.3 Å². The van der Waals surface area contributed by atoms with Crippen molar-refractivity contribution in [3.63, 3.8) is 0 Å². The van der Waals surface area contributed by atoms with E-state index in [1.165, 1.54) is 9.08 Å². The van der Waals surface area contributed by atoms with Crippen molar-refractivity contribution < 1.29 is 9.53 Å². The molecule has 0 aliphatic carbocycles. The Labute approximate surface area is 254 Å². The van der Waals surface area contributed by atoms with E-state index in [0.717, 1.165) is 17.2 Å². The average Bonchev–Trinajstić information content (AvgIpc) is 3.20. The van der Waals surface area contributed by atoms with E-state index in [-0.39, 0.29) is 22.5 Å². The minimum atomic E-state index is -0.854. The maximum absolute atomic E-state index is 13.7. The van der Waals surface area contributed by atoms with Crippen LogP contribution in [0.5, 0.6) is 11.6 Å². The molecule has 0 aliphatic rings. The number of carbonyl (C=O) groups excluding carboxylic acids is 1. The van der Waals surface area contributed by atoms with Gasteiger partial charge < -0.3 is 10.1 Å². The quantitative estimate of drug-likeness (QED) is 0.208. The average molecular weight is 589 g/mol. The number of nitrogens with zero attached hydrogens (tertiary/aromatic N) is 5. The second kappa shape index (κ2) is 11.5. The van der Waals surface area contributed by atoms with Crippen LogP contribution in [0, 0.1) is 25.2 Å². The van der Waals surface area contributed by atoms with Gasteiger partial charge in [-0.2, -0.15) is 10.2 Å². The number of rotatable bonds is 6. The van der Waals surface area contributed by atoms with E-state index in [1.54, 1.807) is 67.3 Å². The second-order valence-electron chi connectivity index (χ2n) is 11.5. The van der Waals surface area contributed by atoms with Crippen LogP contribution in [0.25, 0.3) is 17.4 Å². The van der Waals surface area contributed by atoms with Gasteiger partial charge in [0.15, 0.2) is 0 Å². The number of nitriles is 1. The summed E-state index contributed by atoms with van der Waals surface area (Å²) in [5.74, 6) is -0.481. The molecule has 222 valence electrons. The number of carbonyl (C=O) groups is 1. The van der Waals surface area contributed by atoms with Crippen molar-refractivity contribution in [2.75, 3.05) is 5.32 Å². The van der Waals surface area contributed by atoms with E-state index >= 15 is 0 Å². The number of hydrogen-bond donors (Lipinski definition) is 1. The van der Waals surface area contributed by atoms with Gasteiger partial charge in [0, 0.05) is 13.2 Å². The molecule has 1 N–H and O–H groups in total. The molecule has 5 aromatic rings. The number of amides is 1. The van der Waals surface area contributed by atoms with Crippen LogP contribution in [0.3, 0.4) is 0 Å². The molecule has 44 heavy (non-hydrogen) atoms. The highest BCUT2D eigenvalue weighted by Crippen LogP contribution is 2.28. The Hall–Kier alpha value is -5.69. The first-order valence-electron chi connectivity index (χ1n) is 14.0. The van der Waals surface area contributed by atoms with Crippen LogP contribution in [0.15, 0.2) is 88.1 Å². The van der Waals surface area contributed by atoms with Crippen LogP contribution in [0.4, 0.5) is 5.69 Å². The van der Waals surface area contributed by atoms with Gasteiger partial charge in [-0.1, -0.05) is 57.2 Å². The number of aryl methyl sites for hydroxylation is 1. The largest absolute Gasteiger partial charge is 0.438 e. The number of ether oxygens (including phenoxy) is 1. The van der Waals surface area contributed by atoms with Gasteiger partial charge in [-0.25, -0.2) is 4.68 Å². The summed E-state index contributed by atoms with van der Waals surface area (Å²) in [4.78, 5) is 45.1. The number of aromatic nitrogens is 4. The topological polar surface area (TPSA) is 123 Å². The van der Waals surface area contributed by atoms with Crippen LogP contribution in [0.2, 0.25) is 0 Å². The molecule has 0 saturated carbocycles. The third-order valence-corrected chi connectivity index (χ3v) is 7.43. The molecule has 0 atom stereocenters. The van der Waals surface area contributed by atoms with E-state index in [9.17, 15) is 19.6 Å². The zero-order valence-electron chi connectivity index (χ0n) is 25.4. The van der Waals surface area contributed by atoms with Gasteiger partial charge in [-0.05, 0) is 66.8 Å². The molecule has 3 heterocycles. The Bertz CT molecular complexity index is 2090. The summed E-state index contributed by atoms with van der Waals surface area (Å²) < 4.78 is 10.5. The Morgan fingerprint density at radius 2 is 1.66 bits per heavy atom. The molecule has 0 saturated heterocycles. The van der Waals surface area contributed by atoms with Gasteiger partial charge in [0.25, 0.3) is 17.0 Å². The first-order chi connectivity index (χ1) is 20.9. The zero-order chi connectivity index (χ0) is 31.8. The Balaban J connectivity index is 1.58. The van der Waals surface area contributed by atoms with E-state index < -0.39 is 22.6 Å². The molecule has 0 spiro atoms. The lowest BCUT2D eigenvalue weighted by Crippen LogP contribution is -2.24. The third-order valence-electron chi connectivity index (χ3n) is 7.43. The minimum absolute atomic E-state index is 0.0156. The van der Waals surface area contributed by atoms with Crippen molar-refractivity contribution in [3.8, 4) is 23.4 Å². The van der Waals surface area contributed by atoms with Gasteiger partial charge in [-0.3, -0.25) is 23.5 Å². The number of pyridine rings is 1. The molecule has 0 radical (unpaired) electrons. The second-order valence-corrected chi connectivity index (χ2v) is 11.5. The highest BCUT2D eigenvalue weighted by Gasteiger charge is 2.22. The van der Waals surface area contributed by atoms with Crippen molar-refractivity contribution in [1.82, 2.24) is 18.7 Å². The molecule has 2 aromatic carbocycles. The smallest absolute Gasteiger partial charge is 0.295 e. The number of para-hydroxylation sites is 1. The van der Waals surface area contributed by atoms with Crippen molar-refractivity contribution in [3.05, 3.63) is 122 Å². The molecule has 0 aliphatic heterocycles. The molecule has 10 nitrogen and oxygen atoms in total. The summed E-state index contributed by atoms with van der Waals surface area (Å²) in [6, 6.07) is 21.8. The summed E-state index contributed by atoms with van der Waals surface area (Å²) in [6.07, 6.45) is 2.70. The lowest BCUT2D eigenvalue weighted by molar-refractivity contribution is -0.112. The Morgan fingerprint density at radius 3 is 2.30 bits per heavy atom. The Morgan fingerprint density at radius 1 is 0.977 bits per heavy atom. The van der Waals surface area contributed by atoms with E-state index in [2.05, 4.69) is 31.1 Å². The number of hydrogen-bond acceptors (Lipinski definition) is 6. The summed E-state index contributed by atoms with van der Waals surface area (Å²) in [7, 11) is 1.70. The highest BCUT2D eigenvalue weighted by molar-refractivity contribution is 6.10. The summed E-state index contributed by atoms with van der Waals surface area (Å²) in [5, 5.41) is 12.6. The Kier molecular flexibility index (Phi) is 7.81. The van der Waals surface area contributed by atoms with Crippen LogP contribution >= 0.6 is 0 Å². The molecule has 10 heteroatoms. The SMILES string of the molecule is Cc1cccn2c(=O)c(C=C(C#N)C(=O)Nc3c(C)n(C)n(-c4ccccc4)c3=O)c(Oc3ccc(C(C)(C)C)cc3)nc12. The number of fused-ring (bicyclic) bond motifs is 1. The third kappa shape index (κ3) is 5.55.